The van der Waals surface area contributed by atoms with Crippen molar-refractivity contribution in [1.29, 1.82) is 0 Å². The lowest BCUT2D eigenvalue weighted by Gasteiger charge is -2.10. The molecule has 1 aromatic carbocycles. The number of rotatable bonds is 3. The van der Waals surface area contributed by atoms with Gasteiger partial charge in [0.2, 0.25) is 0 Å². The topological polar surface area (TPSA) is 38.9 Å². The van der Waals surface area contributed by atoms with Gasteiger partial charge in [-0.05, 0) is 24.6 Å². The van der Waals surface area contributed by atoms with Crippen LogP contribution in [0, 0.1) is 0 Å². The van der Waals surface area contributed by atoms with E-state index in [4.69, 9.17) is 17.3 Å². The molecular weight excluding hydrogens is 309 g/mol. The maximum atomic E-state index is 12.8. The molecular formula is C13H12ClF3N2S. The predicted molar refractivity (Wildman–Crippen MR) is 74.0 cm³/mol. The minimum absolute atomic E-state index is 0.128. The summed E-state index contributed by atoms with van der Waals surface area (Å²) in [5.74, 6) is 0. The van der Waals surface area contributed by atoms with Crippen LogP contribution in [-0.2, 0) is 12.6 Å². The van der Waals surface area contributed by atoms with E-state index in [0.29, 0.717) is 12.0 Å². The second-order valence-corrected chi connectivity index (χ2v) is 5.99. The van der Waals surface area contributed by atoms with Crippen molar-refractivity contribution in [2.75, 3.05) is 0 Å². The van der Waals surface area contributed by atoms with Crippen LogP contribution in [0.2, 0.25) is 5.02 Å². The third kappa shape index (κ3) is 3.50. The van der Waals surface area contributed by atoms with Gasteiger partial charge < -0.3 is 5.73 Å². The van der Waals surface area contributed by atoms with E-state index in [1.807, 2.05) is 6.92 Å². The van der Waals surface area contributed by atoms with Gasteiger partial charge in [0.1, 0.15) is 0 Å². The average molecular weight is 321 g/mol. The molecule has 0 saturated carbocycles. The van der Waals surface area contributed by atoms with Gasteiger partial charge in [-0.3, -0.25) is 0 Å². The molecule has 0 amide bonds. The number of thiazole rings is 1. The van der Waals surface area contributed by atoms with Gasteiger partial charge >= 0.3 is 6.18 Å². The number of halogens is 4. The fourth-order valence-electron chi connectivity index (χ4n) is 1.69. The maximum Gasteiger partial charge on any atom is 0.417 e. The first-order valence-corrected chi connectivity index (χ1v) is 7.02. The number of benzene rings is 1. The zero-order chi connectivity index (χ0) is 14.9. The first-order chi connectivity index (χ1) is 9.27. The van der Waals surface area contributed by atoms with Crippen LogP contribution in [0.5, 0.6) is 0 Å². The van der Waals surface area contributed by atoms with Crippen LogP contribution < -0.4 is 5.73 Å². The highest BCUT2D eigenvalue weighted by Crippen LogP contribution is 2.35. The molecule has 0 aliphatic carbocycles. The molecule has 2 rings (SSSR count). The quantitative estimate of drug-likeness (QED) is 0.909. The lowest BCUT2D eigenvalue weighted by Crippen LogP contribution is -2.06. The van der Waals surface area contributed by atoms with Crippen molar-refractivity contribution >= 4 is 22.9 Å². The smallest absolute Gasteiger partial charge is 0.323 e. The number of alkyl halides is 3. The molecule has 20 heavy (non-hydrogen) atoms. The summed E-state index contributed by atoms with van der Waals surface area (Å²) in [7, 11) is 0. The molecule has 1 heterocycles. The van der Waals surface area contributed by atoms with E-state index in [1.165, 1.54) is 17.4 Å². The summed E-state index contributed by atoms with van der Waals surface area (Å²) >= 11 is 6.98. The Morgan fingerprint density at radius 2 is 2.10 bits per heavy atom. The van der Waals surface area contributed by atoms with Crippen molar-refractivity contribution in [2.45, 2.75) is 25.6 Å². The zero-order valence-corrected chi connectivity index (χ0v) is 12.1. The monoisotopic (exact) mass is 320 g/mol. The Morgan fingerprint density at radius 3 is 2.65 bits per heavy atom. The molecule has 0 aliphatic rings. The molecule has 0 aliphatic heterocycles. The molecule has 2 N–H and O–H groups in total. The van der Waals surface area contributed by atoms with Crippen molar-refractivity contribution in [3.63, 3.8) is 0 Å². The molecule has 0 bridgehead atoms. The standard InChI is InChI=1S/C13H12ClF3N2S/c1-7(18)11-6-19-12(20-11)5-8-2-3-10(14)9(4-8)13(15,16)17/h2-4,6-7H,5,18H2,1H3. The fourth-order valence-corrected chi connectivity index (χ4v) is 2.82. The Balaban J connectivity index is 2.25. The van der Waals surface area contributed by atoms with Crippen LogP contribution in [0.15, 0.2) is 24.4 Å². The second kappa shape index (κ2) is 5.71. The van der Waals surface area contributed by atoms with Crippen molar-refractivity contribution in [3.05, 3.63) is 50.4 Å². The van der Waals surface area contributed by atoms with Gasteiger partial charge in [0.15, 0.2) is 0 Å². The summed E-state index contributed by atoms with van der Waals surface area (Å²) in [5.41, 5.74) is 5.43. The largest absolute Gasteiger partial charge is 0.417 e. The molecule has 1 atom stereocenters. The summed E-state index contributed by atoms with van der Waals surface area (Å²) in [6.07, 6.45) is -2.46. The van der Waals surface area contributed by atoms with E-state index < -0.39 is 11.7 Å². The maximum absolute atomic E-state index is 12.8. The van der Waals surface area contributed by atoms with Gasteiger partial charge in [-0.25, -0.2) is 4.98 Å². The first kappa shape index (κ1) is 15.3. The number of hydrogen-bond donors (Lipinski definition) is 1. The van der Waals surface area contributed by atoms with Crippen LogP contribution in [-0.4, -0.2) is 4.98 Å². The van der Waals surface area contributed by atoms with Crippen LogP contribution in [0.3, 0.4) is 0 Å². The lowest BCUT2D eigenvalue weighted by atomic mass is 10.1. The summed E-state index contributed by atoms with van der Waals surface area (Å²) in [6, 6.07) is 3.77. The summed E-state index contributed by atoms with van der Waals surface area (Å²) in [6.45, 7) is 1.83. The van der Waals surface area contributed by atoms with E-state index >= 15 is 0 Å². The Labute approximate surface area is 123 Å². The van der Waals surface area contributed by atoms with Gasteiger partial charge in [0.05, 0.1) is 15.6 Å². The number of nitrogens with zero attached hydrogens (tertiary/aromatic N) is 1. The van der Waals surface area contributed by atoms with Gasteiger partial charge in [0, 0.05) is 23.5 Å². The van der Waals surface area contributed by atoms with Crippen LogP contribution >= 0.6 is 22.9 Å². The molecule has 7 heteroatoms. The van der Waals surface area contributed by atoms with Crippen molar-refractivity contribution in [1.82, 2.24) is 4.98 Å². The summed E-state index contributed by atoms with van der Waals surface area (Å²) in [5, 5.41) is 0.435. The Bertz CT molecular complexity index is 608. The highest BCUT2D eigenvalue weighted by Gasteiger charge is 2.33. The lowest BCUT2D eigenvalue weighted by molar-refractivity contribution is -0.137. The molecule has 2 nitrogen and oxygen atoms in total. The molecule has 108 valence electrons. The van der Waals surface area contributed by atoms with E-state index in [0.717, 1.165) is 16.0 Å². The Kier molecular flexibility index (Phi) is 4.36. The predicted octanol–water partition coefficient (Wildman–Crippen LogP) is 4.43. The van der Waals surface area contributed by atoms with Crippen molar-refractivity contribution < 1.29 is 13.2 Å². The van der Waals surface area contributed by atoms with E-state index in [1.54, 1.807) is 12.3 Å². The minimum Gasteiger partial charge on any atom is -0.323 e. The van der Waals surface area contributed by atoms with Crippen LogP contribution in [0.4, 0.5) is 13.2 Å². The highest BCUT2D eigenvalue weighted by atomic mass is 35.5. The highest BCUT2D eigenvalue weighted by molar-refractivity contribution is 7.11. The summed E-state index contributed by atoms with van der Waals surface area (Å²) < 4.78 is 38.3. The molecule has 1 unspecified atom stereocenters. The van der Waals surface area contributed by atoms with Crippen molar-refractivity contribution in [3.8, 4) is 0 Å². The van der Waals surface area contributed by atoms with E-state index in [9.17, 15) is 13.2 Å². The van der Waals surface area contributed by atoms with Gasteiger partial charge in [-0.15, -0.1) is 11.3 Å². The Morgan fingerprint density at radius 1 is 1.40 bits per heavy atom. The van der Waals surface area contributed by atoms with Gasteiger partial charge in [-0.2, -0.15) is 13.2 Å². The van der Waals surface area contributed by atoms with Gasteiger partial charge in [-0.1, -0.05) is 17.7 Å². The molecule has 0 saturated heterocycles. The zero-order valence-electron chi connectivity index (χ0n) is 10.5. The number of nitrogens with two attached hydrogens (primary N) is 1. The van der Waals surface area contributed by atoms with Crippen LogP contribution in [0.1, 0.15) is 34.0 Å². The molecule has 0 radical (unpaired) electrons. The molecule has 2 aromatic rings. The van der Waals surface area contributed by atoms with Crippen LogP contribution in [0.25, 0.3) is 0 Å². The third-order valence-electron chi connectivity index (χ3n) is 2.71. The number of hydrogen-bond acceptors (Lipinski definition) is 3. The Hall–Kier alpha value is -1.11. The third-order valence-corrected chi connectivity index (χ3v) is 4.24. The average Bonchev–Trinajstić information content (AvgIpc) is 2.79. The first-order valence-electron chi connectivity index (χ1n) is 5.83. The minimum atomic E-state index is -4.45. The second-order valence-electron chi connectivity index (χ2n) is 4.43. The van der Waals surface area contributed by atoms with Crippen molar-refractivity contribution in [2.24, 2.45) is 5.73 Å². The molecule has 0 fully saturated rings. The summed E-state index contributed by atoms with van der Waals surface area (Å²) in [4.78, 5) is 5.08. The number of aromatic nitrogens is 1. The van der Waals surface area contributed by atoms with E-state index in [2.05, 4.69) is 4.98 Å². The molecule has 1 aromatic heterocycles. The normalized spacial score (nSPS) is 13.5. The van der Waals surface area contributed by atoms with Gasteiger partial charge in [0.25, 0.3) is 0 Å². The fraction of sp³-hybridized carbons (Fsp3) is 0.308. The SMILES string of the molecule is CC(N)c1cnc(Cc2ccc(Cl)c(C(F)(F)F)c2)s1. The molecule has 0 spiro atoms. The van der Waals surface area contributed by atoms with E-state index in [-0.39, 0.29) is 11.1 Å².